The molecule has 1 unspecified atom stereocenters. The van der Waals surface area contributed by atoms with Crippen molar-refractivity contribution in [1.82, 2.24) is 5.48 Å². The SMILES string of the molecule is CCC(O)CONC(=O)c1ccc(F)cc1Nc1ccc(I)cc1C. The van der Waals surface area contributed by atoms with Gasteiger partial charge in [-0.1, -0.05) is 6.92 Å². The molecule has 25 heavy (non-hydrogen) atoms. The van der Waals surface area contributed by atoms with E-state index in [4.69, 9.17) is 4.84 Å². The highest BCUT2D eigenvalue weighted by molar-refractivity contribution is 14.1. The summed E-state index contributed by atoms with van der Waals surface area (Å²) in [7, 11) is 0. The van der Waals surface area contributed by atoms with Crippen molar-refractivity contribution < 1.29 is 19.1 Å². The third-order valence-electron chi connectivity index (χ3n) is 3.60. The van der Waals surface area contributed by atoms with Crippen molar-refractivity contribution in [2.24, 2.45) is 0 Å². The maximum atomic E-state index is 13.6. The first-order chi connectivity index (χ1) is 11.9. The van der Waals surface area contributed by atoms with Crippen LogP contribution in [0.1, 0.15) is 29.3 Å². The molecule has 1 amide bonds. The third-order valence-corrected chi connectivity index (χ3v) is 4.27. The smallest absolute Gasteiger partial charge is 0.276 e. The van der Waals surface area contributed by atoms with Crippen molar-refractivity contribution in [1.29, 1.82) is 0 Å². The largest absolute Gasteiger partial charge is 0.391 e. The molecule has 0 heterocycles. The quantitative estimate of drug-likeness (QED) is 0.435. The van der Waals surface area contributed by atoms with E-state index in [2.05, 4.69) is 33.4 Å². The number of carbonyl (C=O) groups is 1. The average Bonchev–Trinajstić information content (AvgIpc) is 2.57. The van der Waals surface area contributed by atoms with Gasteiger partial charge in [0.2, 0.25) is 0 Å². The van der Waals surface area contributed by atoms with Crippen LogP contribution < -0.4 is 10.8 Å². The van der Waals surface area contributed by atoms with E-state index in [-0.39, 0.29) is 12.2 Å². The fourth-order valence-corrected chi connectivity index (χ4v) is 2.75. The Kier molecular flexibility index (Phi) is 7.15. The van der Waals surface area contributed by atoms with E-state index in [9.17, 15) is 14.3 Å². The first kappa shape index (κ1) is 19.6. The minimum atomic E-state index is -0.652. The van der Waals surface area contributed by atoms with Crippen LogP contribution in [-0.2, 0) is 4.84 Å². The van der Waals surface area contributed by atoms with Gasteiger partial charge in [0.1, 0.15) is 12.4 Å². The number of aryl methyl sites for hydroxylation is 1. The van der Waals surface area contributed by atoms with Gasteiger partial charge in [-0.05, 0) is 77.9 Å². The van der Waals surface area contributed by atoms with Crippen LogP contribution >= 0.6 is 22.6 Å². The van der Waals surface area contributed by atoms with Crippen LogP contribution in [0.3, 0.4) is 0 Å². The van der Waals surface area contributed by atoms with E-state index in [0.717, 1.165) is 14.8 Å². The molecule has 2 rings (SSSR count). The molecule has 2 aromatic rings. The molecule has 1 atom stereocenters. The molecule has 134 valence electrons. The van der Waals surface area contributed by atoms with Crippen LogP contribution in [0.2, 0.25) is 0 Å². The highest BCUT2D eigenvalue weighted by Gasteiger charge is 2.14. The zero-order valence-corrected chi connectivity index (χ0v) is 16.1. The topological polar surface area (TPSA) is 70.6 Å². The van der Waals surface area contributed by atoms with Crippen LogP contribution in [0, 0.1) is 16.3 Å². The molecule has 7 heteroatoms. The summed E-state index contributed by atoms with van der Waals surface area (Å²) in [4.78, 5) is 17.3. The van der Waals surface area contributed by atoms with Crippen LogP contribution in [0.4, 0.5) is 15.8 Å². The highest BCUT2D eigenvalue weighted by atomic mass is 127. The van der Waals surface area contributed by atoms with Crippen LogP contribution in [-0.4, -0.2) is 23.7 Å². The molecule has 5 nitrogen and oxygen atoms in total. The number of anilines is 2. The van der Waals surface area contributed by atoms with E-state index in [1.54, 1.807) is 6.92 Å². The lowest BCUT2D eigenvalue weighted by atomic mass is 10.1. The van der Waals surface area contributed by atoms with Gasteiger partial charge in [0.25, 0.3) is 5.91 Å². The predicted octanol–water partition coefficient (Wildman–Crippen LogP) is 3.91. The molecule has 0 aliphatic carbocycles. The van der Waals surface area contributed by atoms with E-state index in [1.807, 2.05) is 25.1 Å². The Hall–Kier alpha value is -1.71. The Labute approximate surface area is 159 Å². The molecular formula is C18H20FIN2O3. The number of amides is 1. The summed E-state index contributed by atoms with van der Waals surface area (Å²) in [5, 5.41) is 12.5. The third kappa shape index (κ3) is 5.65. The van der Waals surface area contributed by atoms with Crippen LogP contribution in [0.25, 0.3) is 0 Å². The summed E-state index contributed by atoms with van der Waals surface area (Å²) in [6.45, 7) is 3.72. The van der Waals surface area contributed by atoms with Crippen molar-refractivity contribution in [3.63, 3.8) is 0 Å². The first-order valence-corrected chi connectivity index (χ1v) is 8.91. The fourth-order valence-electron chi connectivity index (χ4n) is 2.11. The van der Waals surface area contributed by atoms with Crippen molar-refractivity contribution in [2.45, 2.75) is 26.4 Å². The van der Waals surface area contributed by atoms with Crippen molar-refractivity contribution in [2.75, 3.05) is 11.9 Å². The molecule has 0 bridgehead atoms. The van der Waals surface area contributed by atoms with E-state index < -0.39 is 17.8 Å². The van der Waals surface area contributed by atoms with E-state index in [0.29, 0.717) is 12.1 Å². The van der Waals surface area contributed by atoms with Crippen LogP contribution in [0.5, 0.6) is 0 Å². The van der Waals surface area contributed by atoms with Gasteiger partial charge in [-0.3, -0.25) is 9.63 Å². The number of benzene rings is 2. The Bertz CT molecular complexity index is 755. The van der Waals surface area contributed by atoms with Gasteiger partial charge in [0.15, 0.2) is 0 Å². The Balaban J connectivity index is 2.17. The summed E-state index contributed by atoms with van der Waals surface area (Å²) in [5.74, 6) is -0.974. The number of carbonyl (C=O) groups excluding carboxylic acids is 1. The lowest BCUT2D eigenvalue weighted by Crippen LogP contribution is -2.28. The molecule has 0 aliphatic heterocycles. The molecule has 0 radical (unpaired) electrons. The number of aliphatic hydroxyl groups is 1. The zero-order valence-electron chi connectivity index (χ0n) is 14.0. The Morgan fingerprint density at radius 3 is 2.72 bits per heavy atom. The summed E-state index contributed by atoms with van der Waals surface area (Å²) < 4.78 is 14.7. The average molecular weight is 458 g/mol. The number of rotatable bonds is 7. The monoisotopic (exact) mass is 458 g/mol. The van der Waals surface area contributed by atoms with Gasteiger partial charge in [0, 0.05) is 9.26 Å². The number of nitrogens with one attached hydrogen (secondary N) is 2. The Morgan fingerprint density at radius 2 is 2.04 bits per heavy atom. The molecule has 3 N–H and O–H groups in total. The maximum absolute atomic E-state index is 13.6. The number of aliphatic hydroxyl groups excluding tert-OH is 1. The summed E-state index contributed by atoms with van der Waals surface area (Å²) >= 11 is 2.21. The summed E-state index contributed by atoms with van der Waals surface area (Å²) in [6, 6.07) is 9.63. The second-order valence-electron chi connectivity index (χ2n) is 5.58. The predicted molar refractivity (Wildman–Crippen MR) is 103 cm³/mol. The first-order valence-electron chi connectivity index (χ1n) is 7.83. The van der Waals surface area contributed by atoms with E-state index in [1.165, 1.54) is 18.2 Å². The maximum Gasteiger partial charge on any atom is 0.276 e. The number of hydrogen-bond acceptors (Lipinski definition) is 4. The zero-order chi connectivity index (χ0) is 18.4. The van der Waals surface area contributed by atoms with Gasteiger partial charge in [-0.2, -0.15) is 0 Å². The van der Waals surface area contributed by atoms with Crippen molar-refractivity contribution >= 4 is 39.9 Å². The fraction of sp³-hybridized carbons (Fsp3) is 0.278. The standard InChI is InChI=1S/C18H20FIN2O3/c1-3-14(23)10-25-22-18(24)15-6-4-12(19)9-17(15)21-16-7-5-13(20)8-11(16)2/h4-9,14,21,23H,3,10H2,1-2H3,(H,22,24). The molecular weight excluding hydrogens is 438 g/mol. The van der Waals surface area contributed by atoms with Gasteiger partial charge in [0.05, 0.1) is 17.4 Å². The molecule has 0 spiro atoms. The highest BCUT2D eigenvalue weighted by Crippen LogP contribution is 2.25. The van der Waals surface area contributed by atoms with Gasteiger partial charge in [-0.25, -0.2) is 9.87 Å². The second-order valence-corrected chi connectivity index (χ2v) is 6.82. The lowest BCUT2D eigenvalue weighted by Gasteiger charge is -2.15. The lowest BCUT2D eigenvalue weighted by molar-refractivity contribution is -0.0133. The molecule has 0 aliphatic rings. The van der Waals surface area contributed by atoms with Crippen molar-refractivity contribution in [3.05, 3.63) is 56.9 Å². The van der Waals surface area contributed by atoms with Gasteiger partial charge < -0.3 is 10.4 Å². The number of hydrogen-bond donors (Lipinski definition) is 3. The van der Waals surface area contributed by atoms with Crippen molar-refractivity contribution in [3.8, 4) is 0 Å². The molecule has 0 fully saturated rings. The second kappa shape index (κ2) is 9.12. The normalized spacial score (nSPS) is 11.9. The number of halogens is 2. The summed E-state index contributed by atoms with van der Waals surface area (Å²) in [6.07, 6.45) is -0.133. The molecule has 0 aromatic heterocycles. The molecule has 2 aromatic carbocycles. The molecule has 0 saturated heterocycles. The summed E-state index contributed by atoms with van der Waals surface area (Å²) in [5.41, 5.74) is 4.60. The molecule has 0 saturated carbocycles. The Morgan fingerprint density at radius 1 is 1.28 bits per heavy atom. The van der Waals surface area contributed by atoms with Crippen LogP contribution in [0.15, 0.2) is 36.4 Å². The van der Waals surface area contributed by atoms with Gasteiger partial charge >= 0.3 is 0 Å². The minimum Gasteiger partial charge on any atom is -0.391 e. The minimum absolute atomic E-state index is 0.0115. The van der Waals surface area contributed by atoms with Gasteiger partial charge in [-0.15, -0.1) is 0 Å². The van der Waals surface area contributed by atoms with E-state index >= 15 is 0 Å². The number of hydroxylamine groups is 1.